The van der Waals surface area contributed by atoms with Crippen molar-refractivity contribution >= 4 is 21.6 Å². The first-order valence-electron chi connectivity index (χ1n) is 7.09. The molecule has 0 aliphatic rings. The van der Waals surface area contributed by atoms with E-state index in [0.717, 1.165) is 0 Å². The first-order chi connectivity index (χ1) is 11.5. The molecular formula is C16H14ClN3O3S. The molecule has 0 fully saturated rings. The Bertz CT molecular complexity index is 953. The molecule has 0 unspecified atom stereocenters. The minimum atomic E-state index is -3.65. The van der Waals surface area contributed by atoms with Gasteiger partial charge in [0.1, 0.15) is 0 Å². The predicted molar refractivity (Wildman–Crippen MR) is 89.9 cm³/mol. The molecule has 24 heavy (non-hydrogen) atoms. The molecule has 0 bridgehead atoms. The minimum absolute atomic E-state index is 0.0861. The second kappa shape index (κ2) is 6.72. The number of aryl methyl sites for hydroxylation is 1. The largest absolute Gasteiger partial charge is 0.419 e. The zero-order chi connectivity index (χ0) is 17.2. The summed E-state index contributed by atoms with van der Waals surface area (Å²) in [6, 6.07) is 13.7. The molecule has 3 rings (SSSR count). The summed E-state index contributed by atoms with van der Waals surface area (Å²) in [5, 5.41) is 8.37. The highest BCUT2D eigenvalue weighted by molar-refractivity contribution is 7.89. The lowest BCUT2D eigenvalue weighted by atomic mass is 10.2. The molecule has 1 aromatic heterocycles. The van der Waals surface area contributed by atoms with Crippen LogP contribution in [-0.4, -0.2) is 18.6 Å². The van der Waals surface area contributed by atoms with Crippen molar-refractivity contribution in [3.8, 4) is 11.5 Å². The number of hydrogen-bond donors (Lipinski definition) is 1. The molecule has 2 aromatic carbocycles. The van der Waals surface area contributed by atoms with Gasteiger partial charge < -0.3 is 4.42 Å². The Kier molecular flexibility index (Phi) is 4.66. The van der Waals surface area contributed by atoms with Crippen LogP contribution >= 0.6 is 11.6 Å². The highest BCUT2D eigenvalue weighted by atomic mass is 35.5. The number of rotatable bonds is 5. The molecule has 0 atom stereocenters. The third-order valence-electron chi connectivity index (χ3n) is 3.35. The van der Waals surface area contributed by atoms with Gasteiger partial charge in [-0.05, 0) is 42.8 Å². The van der Waals surface area contributed by atoms with Crippen molar-refractivity contribution in [2.75, 3.05) is 0 Å². The fourth-order valence-corrected chi connectivity index (χ4v) is 3.47. The number of halogens is 1. The van der Waals surface area contributed by atoms with Crippen LogP contribution in [0.25, 0.3) is 11.5 Å². The van der Waals surface area contributed by atoms with Crippen LogP contribution in [0.5, 0.6) is 0 Å². The fraction of sp³-hybridized carbons (Fsp3) is 0.125. The first-order valence-corrected chi connectivity index (χ1v) is 8.95. The van der Waals surface area contributed by atoms with Crippen molar-refractivity contribution in [3.05, 3.63) is 65.0 Å². The van der Waals surface area contributed by atoms with Crippen LogP contribution in [0, 0.1) is 6.92 Å². The van der Waals surface area contributed by atoms with E-state index in [1.807, 2.05) is 0 Å². The maximum Gasteiger partial charge on any atom is 0.247 e. The monoisotopic (exact) mass is 363 g/mol. The lowest BCUT2D eigenvalue weighted by Gasteiger charge is -2.07. The summed E-state index contributed by atoms with van der Waals surface area (Å²) in [5.41, 5.74) is 1.37. The summed E-state index contributed by atoms with van der Waals surface area (Å²) in [4.78, 5) is 0.224. The first kappa shape index (κ1) is 16.6. The number of nitrogens with zero attached hydrogens (tertiary/aromatic N) is 2. The Labute approximate surface area is 144 Å². The number of sulfonamides is 1. The minimum Gasteiger partial charge on any atom is -0.419 e. The third-order valence-corrected chi connectivity index (χ3v) is 5.17. The van der Waals surface area contributed by atoms with Crippen molar-refractivity contribution in [1.29, 1.82) is 0 Å². The van der Waals surface area contributed by atoms with Gasteiger partial charge in [-0.15, -0.1) is 10.2 Å². The van der Waals surface area contributed by atoms with E-state index in [1.165, 1.54) is 0 Å². The van der Waals surface area contributed by atoms with Gasteiger partial charge in [-0.2, -0.15) is 0 Å². The fourth-order valence-electron chi connectivity index (χ4n) is 2.13. The van der Waals surface area contributed by atoms with Crippen LogP contribution in [0.4, 0.5) is 0 Å². The van der Waals surface area contributed by atoms with E-state index in [9.17, 15) is 8.42 Å². The van der Waals surface area contributed by atoms with Gasteiger partial charge in [0.2, 0.25) is 21.8 Å². The van der Waals surface area contributed by atoms with Gasteiger partial charge in [0, 0.05) is 10.6 Å². The molecule has 0 aliphatic heterocycles. The summed E-state index contributed by atoms with van der Waals surface area (Å²) in [5.74, 6) is 0.480. The maximum absolute atomic E-state index is 12.3. The summed E-state index contributed by atoms with van der Waals surface area (Å²) in [6.07, 6.45) is 0. The van der Waals surface area contributed by atoms with E-state index in [4.69, 9.17) is 16.0 Å². The Morgan fingerprint density at radius 1 is 1.08 bits per heavy atom. The molecule has 1 N–H and O–H groups in total. The van der Waals surface area contributed by atoms with Crippen molar-refractivity contribution in [1.82, 2.24) is 14.9 Å². The van der Waals surface area contributed by atoms with Gasteiger partial charge in [0.15, 0.2) is 0 Å². The van der Waals surface area contributed by atoms with Gasteiger partial charge in [-0.25, -0.2) is 13.1 Å². The quantitative estimate of drug-likeness (QED) is 0.752. The summed E-state index contributed by atoms with van der Waals surface area (Å²) < 4.78 is 32.6. The second-order valence-electron chi connectivity index (χ2n) is 5.10. The van der Waals surface area contributed by atoms with E-state index < -0.39 is 10.0 Å². The standard InChI is InChI=1S/C16H14ClN3O3S/c1-11-4-2-3-5-14(11)24(21,22)18-10-15-19-20-16(23-15)12-6-8-13(17)9-7-12/h2-9,18H,10H2,1H3. The average molecular weight is 364 g/mol. The second-order valence-corrected chi connectivity index (χ2v) is 7.27. The van der Waals surface area contributed by atoms with E-state index >= 15 is 0 Å². The maximum atomic E-state index is 12.3. The summed E-state index contributed by atoms with van der Waals surface area (Å²) in [6.45, 7) is 1.65. The van der Waals surface area contributed by atoms with Crippen LogP contribution in [0.1, 0.15) is 11.5 Å². The lowest BCUT2D eigenvalue weighted by molar-refractivity contribution is 0.494. The van der Waals surface area contributed by atoms with Crippen LogP contribution < -0.4 is 4.72 Å². The Balaban J connectivity index is 1.74. The molecular weight excluding hydrogens is 350 g/mol. The molecule has 0 spiro atoms. The molecule has 8 heteroatoms. The van der Waals surface area contributed by atoms with Gasteiger partial charge in [0.25, 0.3) is 0 Å². The highest BCUT2D eigenvalue weighted by Gasteiger charge is 2.17. The number of aromatic nitrogens is 2. The van der Waals surface area contributed by atoms with Crippen LogP contribution in [0.15, 0.2) is 57.8 Å². The zero-order valence-corrected chi connectivity index (χ0v) is 14.3. The number of nitrogens with one attached hydrogen (secondary N) is 1. The molecule has 124 valence electrons. The normalized spacial score (nSPS) is 11.6. The predicted octanol–water partition coefficient (Wildman–Crippen LogP) is 3.18. The molecule has 0 saturated heterocycles. The van der Waals surface area contributed by atoms with Gasteiger partial charge in [-0.1, -0.05) is 29.8 Å². The van der Waals surface area contributed by atoms with E-state index in [0.29, 0.717) is 22.0 Å². The Morgan fingerprint density at radius 3 is 2.50 bits per heavy atom. The molecule has 0 radical (unpaired) electrons. The van der Waals surface area contributed by atoms with Crippen LogP contribution in [0.2, 0.25) is 5.02 Å². The number of benzene rings is 2. The van der Waals surface area contributed by atoms with Crippen molar-refractivity contribution in [2.45, 2.75) is 18.4 Å². The molecule has 0 saturated carbocycles. The average Bonchev–Trinajstić information content (AvgIpc) is 3.03. The van der Waals surface area contributed by atoms with E-state index in [-0.39, 0.29) is 17.3 Å². The summed E-state index contributed by atoms with van der Waals surface area (Å²) >= 11 is 5.83. The molecule has 0 amide bonds. The topological polar surface area (TPSA) is 85.1 Å². The Morgan fingerprint density at radius 2 is 1.79 bits per heavy atom. The van der Waals surface area contributed by atoms with E-state index in [2.05, 4.69) is 14.9 Å². The molecule has 3 aromatic rings. The van der Waals surface area contributed by atoms with Gasteiger partial charge >= 0.3 is 0 Å². The van der Waals surface area contributed by atoms with Crippen molar-refractivity contribution in [3.63, 3.8) is 0 Å². The van der Waals surface area contributed by atoms with Crippen molar-refractivity contribution < 1.29 is 12.8 Å². The van der Waals surface area contributed by atoms with Crippen LogP contribution in [0.3, 0.4) is 0 Å². The Hall–Kier alpha value is -2.22. The number of hydrogen-bond acceptors (Lipinski definition) is 5. The molecule has 6 nitrogen and oxygen atoms in total. The lowest BCUT2D eigenvalue weighted by Crippen LogP contribution is -2.24. The zero-order valence-electron chi connectivity index (χ0n) is 12.7. The molecule has 0 aliphatic carbocycles. The SMILES string of the molecule is Cc1ccccc1S(=O)(=O)NCc1nnc(-c2ccc(Cl)cc2)o1. The highest BCUT2D eigenvalue weighted by Crippen LogP contribution is 2.20. The smallest absolute Gasteiger partial charge is 0.247 e. The van der Waals surface area contributed by atoms with E-state index in [1.54, 1.807) is 55.5 Å². The van der Waals surface area contributed by atoms with Gasteiger partial charge in [-0.3, -0.25) is 0 Å². The third kappa shape index (κ3) is 3.64. The van der Waals surface area contributed by atoms with Crippen LogP contribution in [-0.2, 0) is 16.6 Å². The van der Waals surface area contributed by atoms with Gasteiger partial charge in [0.05, 0.1) is 11.4 Å². The molecule has 1 heterocycles. The van der Waals surface area contributed by atoms with Crippen molar-refractivity contribution in [2.24, 2.45) is 0 Å². The summed E-state index contributed by atoms with van der Waals surface area (Å²) in [7, 11) is -3.65.